The molecule has 1 atom stereocenters. The van der Waals surface area contributed by atoms with Crippen molar-refractivity contribution < 1.29 is 4.74 Å². The topological polar surface area (TPSA) is 25.4 Å². The molecule has 1 aromatic heterocycles. The maximum atomic E-state index is 6.39. The lowest BCUT2D eigenvalue weighted by Crippen LogP contribution is -2.42. The molecule has 0 amide bonds. The first-order chi connectivity index (χ1) is 10.3. The van der Waals surface area contributed by atoms with Gasteiger partial charge in [-0.25, -0.2) is 0 Å². The largest absolute Gasteiger partial charge is 0.486 e. The van der Waals surface area contributed by atoms with E-state index in [1.165, 1.54) is 11.1 Å². The molecule has 1 saturated heterocycles. The van der Waals surface area contributed by atoms with Gasteiger partial charge in [0.1, 0.15) is 11.4 Å². The van der Waals surface area contributed by atoms with Gasteiger partial charge in [-0.2, -0.15) is 0 Å². The van der Waals surface area contributed by atoms with Crippen LogP contribution in [-0.2, 0) is 13.0 Å². The minimum Gasteiger partial charge on any atom is -0.486 e. The van der Waals surface area contributed by atoms with Gasteiger partial charge in [0.25, 0.3) is 0 Å². The zero-order chi connectivity index (χ0) is 14.1. The Labute approximate surface area is 125 Å². The molecule has 3 heterocycles. The molecule has 4 rings (SSSR count). The van der Waals surface area contributed by atoms with E-state index in [9.17, 15) is 0 Å². The lowest BCUT2D eigenvalue weighted by Gasteiger charge is -2.35. The maximum absolute atomic E-state index is 6.39. The molecule has 3 nitrogen and oxygen atoms in total. The van der Waals surface area contributed by atoms with Gasteiger partial charge < -0.3 is 4.74 Å². The van der Waals surface area contributed by atoms with E-state index >= 15 is 0 Å². The van der Waals surface area contributed by atoms with Crippen LogP contribution in [0.3, 0.4) is 0 Å². The fourth-order valence-electron chi connectivity index (χ4n) is 3.56. The number of aryl methyl sites for hydroxylation is 1. The summed E-state index contributed by atoms with van der Waals surface area (Å²) in [5.41, 5.74) is 2.66. The molecule has 0 aliphatic carbocycles. The molecular formula is C18H20N2O. The predicted octanol–water partition coefficient (Wildman–Crippen LogP) is 3.05. The van der Waals surface area contributed by atoms with Crippen LogP contribution in [0.2, 0.25) is 0 Å². The van der Waals surface area contributed by atoms with Crippen molar-refractivity contribution in [2.45, 2.75) is 31.4 Å². The lowest BCUT2D eigenvalue weighted by atomic mass is 9.90. The summed E-state index contributed by atoms with van der Waals surface area (Å²) in [6.07, 6.45) is 7.18. The van der Waals surface area contributed by atoms with Crippen molar-refractivity contribution in [3.8, 4) is 5.75 Å². The van der Waals surface area contributed by atoms with E-state index in [4.69, 9.17) is 4.74 Å². The van der Waals surface area contributed by atoms with Crippen molar-refractivity contribution in [3.63, 3.8) is 0 Å². The Balaban J connectivity index is 1.47. The van der Waals surface area contributed by atoms with E-state index in [1.807, 2.05) is 18.5 Å². The van der Waals surface area contributed by atoms with Gasteiger partial charge in [0.05, 0.1) is 0 Å². The second-order valence-corrected chi connectivity index (χ2v) is 6.21. The Kier molecular flexibility index (Phi) is 3.15. The molecule has 1 spiro atoms. The number of pyridine rings is 1. The van der Waals surface area contributed by atoms with E-state index in [0.29, 0.717) is 0 Å². The quantitative estimate of drug-likeness (QED) is 0.845. The minimum absolute atomic E-state index is 0.0244. The van der Waals surface area contributed by atoms with E-state index in [0.717, 1.165) is 44.6 Å². The molecule has 2 aliphatic rings. The Morgan fingerprint density at radius 2 is 2.10 bits per heavy atom. The predicted molar refractivity (Wildman–Crippen MR) is 82.3 cm³/mol. The minimum atomic E-state index is 0.0244. The van der Waals surface area contributed by atoms with Gasteiger partial charge in [0.15, 0.2) is 0 Å². The molecule has 108 valence electrons. The smallest absolute Gasteiger partial charge is 0.123 e. The first-order valence-corrected chi connectivity index (χ1v) is 7.71. The van der Waals surface area contributed by atoms with Gasteiger partial charge in [-0.1, -0.05) is 24.3 Å². The SMILES string of the molecule is c1cncc(CN2CCC3(CCc4ccccc4O3)C2)c1. The molecule has 1 fully saturated rings. The van der Waals surface area contributed by atoms with Crippen LogP contribution in [0.1, 0.15) is 24.0 Å². The summed E-state index contributed by atoms with van der Waals surface area (Å²) in [5.74, 6) is 1.09. The number of hydrogen-bond acceptors (Lipinski definition) is 3. The molecule has 0 radical (unpaired) electrons. The zero-order valence-electron chi connectivity index (χ0n) is 12.2. The average molecular weight is 280 g/mol. The number of likely N-dealkylation sites (tertiary alicyclic amines) is 1. The third-order valence-electron chi connectivity index (χ3n) is 4.67. The van der Waals surface area contributed by atoms with Crippen molar-refractivity contribution in [3.05, 3.63) is 59.9 Å². The van der Waals surface area contributed by atoms with E-state index in [-0.39, 0.29) is 5.60 Å². The molecule has 2 aliphatic heterocycles. The van der Waals surface area contributed by atoms with Crippen LogP contribution in [-0.4, -0.2) is 28.6 Å². The number of fused-ring (bicyclic) bond motifs is 1. The molecule has 1 unspecified atom stereocenters. The van der Waals surface area contributed by atoms with Crippen LogP contribution in [0.5, 0.6) is 5.75 Å². The van der Waals surface area contributed by atoms with Gasteiger partial charge in [-0.05, 0) is 36.1 Å². The molecule has 0 N–H and O–H groups in total. The fraction of sp³-hybridized carbons (Fsp3) is 0.389. The number of hydrogen-bond donors (Lipinski definition) is 0. The monoisotopic (exact) mass is 280 g/mol. The second-order valence-electron chi connectivity index (χ2n) is 6.21. The first kappa shape index (κ1) is 12.8. The Hall–Kier alpha value is -1.87. The van der Waals surface area contributed by atoms with Crippen molar-refractivity contribution in [1.82, 2.24) is 9.88 Å². The Bertz CT molecular complexity index is 628. The van der Waals surface area contributed by atoms with Crippen LogP contribution in [0.4, 0.5) is 0 Å². The Morgan fingerprint density at radius 3 is 3.00 bits per heavy atom. The number of aromatic nitrogens is 1. The van der Waals surface area contributed by atoms with Gasteiger partial charge in [0, 0.05) is 38.4 Å². The lowest BCUT2D eigenvalue weighted by molar-refractivity contribution is 0.0537. The van der Waals surface area contributed by atoms with Crippen molar-refractivity contribution in [2.24, 2.45) is 0 Å². The Morgan fingerprint density at radius 1 is 1.14 bits per heavy atom. The number of ether oxygens (including phenoxy) is 1. The highest BCUT2D eigenvalue weighted by atomic mass is 16.5. The van der Waals surface area contributed by atoms with Gasteiger partial charge in [-0.15, -0.1) is 0 Å². The van der Waals surface area contributed by atoms with E-state index in [1.54, 1.807) is 0 Å². The number of nitrogens with zero attached hydrogens (tertiary/aromatic N) is 2. The van der Waals surface area contributed by atoms with Crippen LogP contribution in [0, 0.1) is 0 Å². The second kappa shape index (κ2) is 5.15. The first-order valence-electron chi connectivity index (χ1n) is 7.71. The van der Waals surface area contributed by atoms with Gasteiger partial charge in [-0.3, -0.25) is 9.88 Å². The highest BCUT2D eigenvalue weighted by Gasteiger charge is 2.42. The molecular weight excluding hydrogens is 260 g/mol. The fourth-order valence-corrected chi connectivity index (χ4v) is 3.56. The molecule has 21 heavy (non-hydrogen) atoms. The summed E-state index contributed by atoms with van der Waals surface area (Å²) in [5, 5.41) is 0. The normalized spacial score (nSPS) is 24.8. The summed E-state index contributed by atoms with van der Waals surface area (Å²) < 4.78 is 6.39. The molecule has 0 bridgehead atoms. The summed E-state index contributed by atoms with van der Waals surface area (Å²) in [6, 6.07) is 12.6. The van der Waals surface area contributed by atoms with Crippen LogP contribution < -0.4 is 4.74 Å². The van der Waals surface area contributed by atoms with Gasteiger partial charge in [0.2, 0.25) is 0 Å². The summed E-state index contributed by atoms with van der Waals surface area (Å²) in [7, 11) is 0. The standard InChI is InChI=1S/C18H20N2O/c1-2-6-17-16(5-1)7-8-18(21-17)9-11-20(14-18)13-15-4-3-10-19-12-15/h1-6,10,12H,7-9,11,13-14H2. The number of para-hydroxylation sites is 1. The number of benzene rings is 1. The summed E-state index contributed by atoms with van der Waals surface area (Å²) >= 11 is 0. The average Bonchev–Trinajstić information content (AvgIpc) is 2.90. The van der Waals surface area contributed by atoms with Gasteiger partial charge >= 0.3 is 0 Å². The van der Waals surface area contributed by atoms with Crippen molar-refractivity contribution in [1.29, 1.82) is 0 Å². The highest BCUT2D eigenvalue weighted by Crippen LogP contribution is 2.38. The maximum Gasteiger partial charge on any atom is 0.123 e. The van der Waals surface area contributed by atoms with E-state index < -0.39 is 0 Å². The van der Waals surface area contributed by atoms with Crippen molar-refractivity contribution in [2.75, 3.05) is 13.1 Å². The zero-order valence-corrected chi connectivity index (χ0v) is 12.2. The molecule has 1 aromatic carbocycles. The van der Waals surface area contributed by atoms with Crippen LogP contribution in [0.15, 0.2) is 48.8 Å². The van der Waals surface area contributed by atoms with E-state index in [2.05, 4.69) is 40.2 Å². The summed E-state index contributed by atoms with van der Waals surface area (Å²) in [6.45, 7) is 3.11. The number of rotatable bonds is 2. The molecule has 2 aromatic rings. The highest BCUT2D eigenvalue weighted by molar-refractivity contribution is 5.36. The third kappa shape index (κ3) is 2.54. The van der Waals surface area contributed by atoms with Crippen LogP contribution in [0.25, 0.3) is 0 Å². The van der Waals surface area contributed by atoms with Crippen molar-refractivity contribution >= 4 is 0 Å². The summed E-state index contributed by atoms with van der Waals surface area (Å²) in [4.78, 5) is 6.69. The molecule has 3 heteroatoms. The third-order valence-corrected chi connectivity index (χ3v) is 4.67. The molecule has 0 saturated carbocycles. The van der Waals surface area contributed by atoms with Crippen LogP contribution >= 0.6 is 0 Å².